The first-order chi connectivity index (χ1) is 13.6. The average molecular weight is 386 g/mol. The third kappa shape index (κ3) is 4.55. The number of aliphatic hydroxyl groups excluding tert-OH is 1. The Hall–Kier alpha value is -1.92. The zero-order valence-corrected chi connectivity index (χ0v) is 17.1. The highest BCUT2D eigenvalue weighted by Crippen LogP contribution is 2.31. The largest absolute Gasteiger partial charge is 0.497 e. The lowest BCUT2D eigenvalue weighted by Crippen LogP contribution is -2.28. The Balaban J connectivity index is 0.000000188. The van der Waals surface area contributed by atoms with E-state index < -0.39 is 0 Å². The number of hydrogen-bond donors (Lipinski definition) is 1. The molecule has 4 rings (SSSR count). The van der Waals surface area contributed by atoms with E-state index in [0.717, 1.165) is 29.9 Å². The van der Waals surface area contributed by atoms with Crippen molar-refractivity contribution in [3.05, 3.63) is 53.1 Å². The van der Waals surface area contributed by atoms with E-state index in [1.807, 2.05) is 30.3 Å². The van der Waals surface area contributed by atoms with Crippen LogP contribution in [0.25, 0.3) is 11.1 Å². The van der Waals surface area contributed by atoms with Crippen molar-refractivity contribution in [1.82, 2.24) is 0 Å². The van der Waals surface area contributed by atoms with Gasteiger partial charge in [0, 0.05) is 13.7 Å². The molecule has 28 heavy (non-hydrogen) atoms. The summed E-state index contributed by atoms with van der Waals surface area (Å²) in [5.41, 5.74) is 5.65. The summed E-state index contributed by atoms with van der Waals surface area (Å²) in [5.74, 6) is 0.882. The number of aliphatic hydroxyl groups is 1. The monoisotopic (exact) mass is 386 g/mol. The van der Waals surface area contributed by atoms with Crippen LogP contribution in [0.15, 0.2) is 36.4 Å². The predicted octanol–water partition coefficient (Wildman–Crippen LogP) is 3.66. The van der Waals surface area contributed by atoms with Crippen molar-refractivity contribution >= 4 is 0 Å². The fourth-order valence-electron chi connectivity index (χ4n) is 3.95. The lowest BCUT2D eigenvalue weighted by Gasteiger charge is -2.13. The molecule has 5 nitrogen and oxygen atoms in total. The van der Waals surface area contributed by atoms with Gasteiger partial charge in [0.05, 0.1) is 26.4 Å². The molecule has 3 atom stereocenters. The molecule has 2 aliphatic rings. The maximum absolute atomic E-state index is 9.21. The third-order valence-electron chi connectivity index (χ3n) is 5.36. The first-order valence-electron chi connectivity index (χ1n) is 9.68. The van der Waals surface area contributed by atoms with E-state index in [1.54, 1.807) is 14.2 Å². The van der Waals surface area contributed by atoms with Crippen LogP contribution < -0.4 is 4.74 Å². The minimum Gasteiger partial charge on any atom is -0.497 e. The molecule has 0 radical (unpaired) electrons. The second kappa shape index (κ2) is 9.52. The van der Waals surface area contributed by atoms with Crippen molar-refractivity contribution in [3.63, 3.8) is 0 Å². The Morgan fingerprint density at radius 2 is 1.82 bits per heavy atom. The molecular formula is C23H30O5. The Bertz CT molecular complexity index is 765. The standard InChI is InChI=1S/C16H18O2.C7H12O3/c1-11-7-15(18-3)8-12(2)16(11)14-6-4-5-13(9-14)10-17;1-8-6-4-10-5-2-3-9-7(5)6/h4-9,17H,10H2,1-3H3;5-7H,2-4H2,1H3/t;5?,6-,7?/m.1/s1. The predicted molar refractivity (Wildman–Crippen MR) is 109 cm³/mol. The molecular weight excluding hydrogens is 356 g/mol. The molecule has 152 valence electrons. The summed E-state index contributed by atoms with van der Waals surface area (Å²) in [6, 6.07) is 12.1. The van der Waals surface area contributed by atoms with Crippen molar-refractivity contribution < 1.29 is 24.1 Å². The molecule has 2 fully saturated rings. The minimum atomic E-state index is 0.0715. The molecule has 1 N–H and O–H groups in total. The van der Waals surface area contributed by atoms with Crippen LogP contribution in [0.3, 0.4) is 0 Å². The molecule has 2 aliphatic heterocycles. The topological polar surface area (TPSA) is 57.2 Å². The summed E-state index contributed by atoms with van der Waals surface area (Å²) in [5, 5.41) is 9.21. The van der Waals surface area contributed by atoms with Crippen molar-refractivity contribution in [2.45, 2.75) is 45.2 Å². The normalized spacial score (nSPS) is 23.1. The van der Waals surface area contributed by atoms with Gasteiger partial charge in [-0.3, -0.25) is 0 Å². The van der Waals surface area contributed by atoms with Gasteiger partial charge in [-0.2, -0.15) is 0 Å². The minimum absolute atomic E-state index is 0.0715. The maximum Gasteiger partial charge on any atom is 0.119 e. The summed E-state index contributed by atoms with van der Waals surface area (Å²) >= 11 is 0. The van der Waals surface area contributed by atoms with Crippen LogP contribution in [0.5, 0.6) is 5.75 Å². The third-order valence-corrected chi connectivity index (χ3v) is 5.36. The quantitative estimate of drug-likeness (QED) is 0.869. The van der Waals surface area contributed by atoms with Gasteiger partial charge in [-0.05, 0) is 66.3 Å². The zero-order valence-electron chi connectivity index (χ0n) is 17.1. The number of hydrogen-bond acceptors (Lipinski definition) is 5. The molecule has 0 aromatic heterocycles. The van der Waals surface area contributed by atoms with Gasteiger partial charge in [-0.25, -0.2) is 0 Å². The Kier molecular flexibility index (Phi) is 7.08. The van der Waals surface area contributed by atoms with Gasteiger partial charge in [0.25, 0.3) is 0 Å². The summed E-state index contributed by atoms with van der Waals surface area (Å²) in [7, 11) is 3.39. The number of fused-ring (bicyclic) bond motifs is 1. The summed E-state index contributed by atoms with van der Waals surface area (Å²) in [6.45, 7) is 5.76. The Morgan fingerprint density at radius 1 is 1.07 bits per heavy atom. The van der Waals surface area contributed by atoms with Gasteiger partial charge in [0.1, 0.15) is 18.0 Å². The second-order valence-corrected chi connectivity index (χ2v) is 7.26. The number of rotatable bonds is 4. The van der Waals surface area contributed by atoms with Gasteiger partial charge in [-0.1, -0.05) is 18.2 Å². The van der Waals surface area contributed by atoms with E-state index in [-0.39, 0.29) is 18.8 Å². The van der Waals surface area contributed by atoms with Crippen LogP contribution in [-0.4, -0.2) is 50.9 Å². The molecule has 0 spiro atoms. The first kappa shape index (κ1) is 20.8. The molecule has 2 saturated heterocycles. The highest BCUT2D eigenvalue weighted by atomic mass is 16.6. The molecule has 2 unspecified atom stereocenters. The lowest BCUT2D eigenvalue weighted by atomic mass is 9.94. The van der Waals surface area contributed by atoms with Gasteiger partial charge < -0.3 is 24.1 Å². The smallest absolute Gasteiger partial charge is 0.119 e. The average Bonchev–Trinajstić information content (AvgIpc) is 3.31. The first-order valence-corrected chi connectivity index (χ1v) is 9.68. The SMILES string of the molecule is CO[C@@H]1COC2CCOC21.COc1cc(C)c(-c2cccc(CO)c2)c(C)c1. The van der Waals surface area contributed by atoms with E-state index in [1.165, 1.54) is 16.7 Å². The van der Waals surface area contributed by atoms with E-state index in [4.69, 9.17) is 18.9 Å². The van der Waals surface area contributed by atoms with E-state index in [0.29, 0.717) is 12.7 Å². The number of ether oxygens (including phenoxy) is 4. The highest BCUT2D eigenvalue weighted by molar-refractivity contribution is 5.72. The Morgan fingerprint density at radius 3 is 2.46 bits per heavy atom. The van der Waals surface area contributed by atoms with E-state index >= 15 is 0 Å². The van der Waals surface area contributed by atoms with Gasteiger partial charge >= 0.3 is 0 Å². The molecule has 2 aromatic rings. The van der Waals surface area contributed by atoms with Crippen molar-refractivity contribution in [3.8, 4) is 16.9 Å². The molecule has 5 heteroatoms. The maximum atomic E-state index is 9.21. The van der Waals surface area contributed by atoms with Crippen molar-refractivity contribution in [2.24, 2.45) is 0 Å². The lowest BCUT2D eigenvalue weighted by molar-refractivity contribution is -0.00727. The van der Waals surface area contributed by atoms with E-state index in [9.17, 15) is 5.11 Å². The fraction of sp³-hybridized carbons (Fsp3) is 0.478. The number of methoxy groups -OCH3 is 2. The summed E-state index contributed by atoms with van der Waals surface area (Å²) in [4.78, 5) is 0. The zero-order chi connectivity index (χ0) is 20.1. The molecule has 2 aromatic carbocycles. The second-order valence-electron chi connectivity index (χ2n) is 7.26. The van der Waals surface area contributed by atoms with Crippen molar-refractivity contribution in [2.75, 3.05) is 27.4 Å². The van der Waals surface area contributed by atoms with Gasteiger partial charge in [-0.15, -0.1) is 0 Å². The molecule has 0 bridgehead atoms. The van der Waals surface area contributed by atoms with Crippen LogP contribution in [-0.2, 0) is 20.8 Å². The van der Waals surface area contributed by atoms with Crippen LogP contribution in [0.4, 0.5) is 0 Å². The Labute approximate surface area is 167 Å². The molecule has 0 saturated carbocycles. The number of benzene rings is 2. The van der Waals surface area contributed by atoms with Crippen molar-refractivity contribution in [1.29, 1.82) is 0 Å². The molecule has 2 heterocycles. The molecule has 0 amide bonds. The number of aryl methyl sites for hydroxylation is 2. The van der Waals surface area contributed by atoms with Crippen LogP contribution >= 0.6 is 0 Å². The summed E-state index contributed by atoms with van der Waals surface area (Å²) in [6.07, 6.45) is 1.73. The fourth-order valence-corrected chi connectivity index (χ4v) is 3.95. The van der Waals surface area contributed by atoms with Gasteiger partial charge in [0.15, 0.2) is 0 Å². The molecule has 0 aliphatic carbocycles. The van der Waals surface area contributed by atoms with Crippen LogP contribution in [0.2, 0.25) is 0 Å². The van der Waals surface area contributed by atoms with Crippen LogP contribution in [0, 0.1) is 13.8 Å². The van der Waals surface area contributed by atoms with Crippen LogP contribution in [0.1, 0.15) is 23.1 Å². The highest BCUT2D eigenvalue weighted by Gasteiger charge is 2.41. The summed E-state index contributed by atoms with van der Waals surface area (Å²) < 4.78 is 21.3. The van der Waals surface area contributed by atoms with E-state index in [2.05, 4.69) is 19.9 Å². The van der Waals surface area contributed by atoms with Gasteiger partial charge in [0.2, 0.25) is 0 Å².